The number of morpholine rings is 1. The topological polar surface area (TPSA) is 182 Å². The number of hydrogen-bond donors (Lipinski definition) is 2. The number of carbonyl (C=O) groups is 3. The van der Waals surface area contributed by atoms with E-state index in [1.165, 1.54) is 6.07 Å². The van der Waals surface area contributed by atoms with Crippen LogP contribution in [0.3, 0.4) is 0 Å². The highest BCUT2D eigenvalue weighted by atomic mass is 19.1. The molecule has 66 heavy (non-hydrogen) atoms. The van der Waals surface area contributed by atoms with E-state index in [-0.39, 0.29) is 53.5 Å². The van der Waals surface area contributed by atoms with Gasteiger partial charge in [0.15, 0.2) is 0 Å². The molecule has 1 aliphatic carbocycles. The number of fused-ring (bicyclic) bond motifs is 3. The molecular weight excluding hydrogens is 842 g/mol. The second-order valence-corrected chi connectivity index (χ2v) is 19.6. The monoisotopic (exact) mass is 897 g/mol. The summed E-state index contributed by atoms with van der Waals surface area (Å²) in [7, 11) is 0. The summed E-state index contributed by atoms with van der Waals surface area (Å²) in [5.74, 6) is -0.00195. The summed E-state index contributed by atoms with van der Waals surface area (Å²) >= 11 is 0. The number of nitriles is 1. The Kier molecular flexibility index (Phi) is 11.7. The predicted molar refractivity (Wildman–Crippen MR) is 245 cm³/mol. The average Bonchev–Trinajstić information content (AvgIpc) is 3.97. The van der Waals surface area contributed by atoms with Gasteiger partial charge in [0.05, 0.1) is 67.0 Å². The van der Waals surface area contributed by atoms with E-state index in [4.69, 9.17) is 19.8 Å². The van der Waals surface area contributed by atoms with Crippen LogP contribution >= 0.6 is 0 Å². The van der Waals surface area contributed by atoms with Crippen molar-refractivity contribution in [2.24, 2.45) is 5.41 Å². The molecule has 0 radical (unpaired) electrons. The van der Waals surface area contributed by atoms with Crippen LogP contribution in [0.15, 0.2) is 61.3 Å². The molecule has 1 unspecified atom stereocenters. The Labute approximate surface area is 382 Å². The summed E-state index contributed by atoms with van der Waals surface area (Å²) in [5.41, 5.74) is 4.94. The van der Waals surface area contributed by atoms with Crippen molar-refractivity contribution in [3.8, 4) is 28.6 Å². The van der Waals surface area contributed by atoms with E-state index in [0.29, 0.717) is 79.0 Å². The standard InChI is InChI=1S/C48H56FN13O4/c1-48(2,3)19-44(64)62-36-25-59(26-37(62)29-66-28-36)42-12-4-30(21-51-42)45-46-31(20-50)22-53-61(46)27-40(55-45)32-23-52-60(24-32)35-8-6-34(7-9-35)57-14-16-58(17-15-57)41-11-5-33(18-38(41)49)54-39-10-13-43(63)56-47(39)65/h4-5,11-12,18,21-24,27,34-37,39,54H,6-10,13-17,19,25-26,28-29H2,1-3H3,(H,56,63,65)/t34?,35?,36-,37-,39?/m1/s1. The van der Waals surface area contributed by atoms with E-state index in [0.717, 1.165) is 68.8 Å². The average molecular weight is 898 g/mol. The molecule has 10 rings (SSSR count). The number of carbonyl (C=O) groups excluding carboxylic acids is 3. The molecule has 3 amide bonds. The molecule has 4 saturated heterocycles. The molecule has 5 aliphatic rings. The molecule has 4 aliphatic heterocycles. The first-order valence-electron chi connectivity index (χ1n) is 23.2. The zero-order valence-electron chi connectivity index (χ0n) is 37.7. The maximum Gasteiger partial charge on any atom is 0.249 e. The number of imide groups is 1. The number of benzene rings is 1. The Hall–Kier alpha value is -6.45. The number of halogens is 1. The number of piperidine rings is 1. The Balaban J connectivity index is 0.769. The molecule has 5 aromatic rings. The highest BCUT2D eigenvalue weighted by Gasteiger charge is 2.42. The molecule has 5 fully saturated rings. The number of rotatable bonds is 9. The summed E-state index contributed by atoms with van der Waals surface area (Å²) in [6.07, 6.45) is 14.3. The van der Waals surface area contributed by atoms with E-state index in [1.54, 1.807) is 22.8 Å². The fourth-order valence-electron chi connectivity index (χ4n) is 10.5. The third-order valence-corrected chi connectivity index (χ3v) is 13.8. The molecule has 3 atom stereocenters. The molecular formula is C48H56FN13O4. The maximum atomic E-state index is 15.4. The van der Waals surface area contributed by atoms with E-state index in [1.807, 2.05) is 35.6 Å². The van der Waals surface area contributed by atoms with Crippen molar-refractivity contribution >= 4 is 40.4 Å². The second kappa shape index (κ2) is 17.7. The number of hydrogen-bond acceptors (Lipinski definition) is 13. The minimum Gasteiger partial charge on any atom is -0.377 e. The van der Waals surface area contributed by atoms with Gasteiger partial charge in [-0.05, 0) is 67.9 Å². The molecule has 1 saturated carbocycles. The number of piperazine rings is 2. The first-order valence-corrected chi connectivity index (χ1v) is 23.2. The first kappa shape index (κ1) is 43.4. The predicted octanol–water partition coefficient (Wildman–Crippen LogP) is 5.04. The summed E-state index contributed by atoms with van der Waals surface area (Å²) in [6, 6.07) is 11.3. The van der Waals surface area contributed by atoms with Crippen LogP contribution in [0.1, 0.15) is 77.3 Å². The van der Waals surface area contributed by atoms with Crippen molar-refractivity contribution in [3.63, 3.8) is 0 Å². The Morgan fingerprint density at radius 3 is 2.33 bits per heavy atom. The van der Waals surface area contributed by atoms with Gasteiger partial charge in [0, 0.05) is 87.4 Å². The number of amides is 3. The van der Waals surface area contributed by atoms with Crippen LogP contribution in [-0.2, 0) is 19.1 Å². The lowest BCUT2D eigenvalue weighted by atomic mass is 9.90. The van der Waals surface area contributed by atoms with Crippen molar-refractivity contribution in [2.45, 2.75) is 95.9 Å². The zero-order valence-corrected chi connectivity index (χ0v) is 37.7. The van der Waals surface area contributed by atoms with Gasteiger partial charge in [0.1, 0.15) is 34.8 Å². The Morgan fingerprint density at radius 2 is 1.65 bits per heavy atom. The molecule has 8 heterocycles. The molecule has 17 nitrogen and oxygen atoms in total. The Bertz CT molecular complexity index is 2660. The lowest BCUT2D eigenvalue weighted by Crippen LogP contribution is -2.66. The van der Waals surface area contributed by atoms with E-state index < -0.39 is 6.04 Å². The number of pyridine rings is 1. The molecule has 2 bridgehead atoms. The highest BCUT2D eigenvalue weighted by Crippen LogP contribution is 2.36. The van der Waals surface area contributed by atoms with Crippen LogP contribution in [0.5, 0.6) is 0 Å². The first-order chi connectivity index (χ1) is 31.9. The lowest BCUT2D eigenvalue weighted by molar-refractivity contribution is -0.149. The third kappa shape index (κ3) is 8.81. The summed E-state index contributed by atoms with van der Waals surface area (Å²) in [6.45, 7) is 11.7. The smallest absolute Gasteiger partial charge is 0.249 e. The van der Waals surface area contributed by atoms with E-state index >= 15 is 4.39 Å². The molecule has 1 aromatic carbocycles. The van der Waals surface area contributed by atoms with Crippen LogP contribution in [0.4, 0.5) is 21.6 Å². The van der Waals surface area contributed by atoms with Gasteiger partial charge in [0.25, 0.3) is 0 Å². The largest absolute Gasteiger partial charge is 0.377 e. The molecule has 344 valence electrons. The fraction of sp³-hybridized carbons (Fsp3) is 0.500. The fourth-order valence-corrected chi connectivity index (χ4v) is 10.5. The second-order valence-electron chi connectivity index (χ2n) is 19.6. The molecule has 2 N–H and O–H groups in total. The van der Waals surface area contributed by atoms with Crippen LogP contribution in [0, 0.1) is 22.6 Å². The van der Waals surface area contributed by atoms with Crippen molar-refractivity contribution in [2.75, 3.05) is 67.6 Å². The summed E-state index contributed by atoms with van der Waals surface area (Å²) < 4.78 is 25.0. The molecule has 18 heteroatoms. The minimum absolute atomic E-state index is 0.0421. The molecule has 4 aromatic heterocycles. The lowest BCUT2D eigenvalue weighted by Gasteiger charge is -2.50. The van der Waals surface area contributed by atoms with Crippen LogP contribution < -0.4 is 20.4 Å². The summed E-state index contributed by atoms with van der Waals surface area (Å²) in [5, 5.41) is 24.8. The van der Waals surface area contributed by atoms with E-state index in [9.17, 15) is 19.6 Å². The number of ether oxygens (including phenoxy) is 1. The normalized spacial score (nSPS) is 24.0. The van der Waals surface area contributed by atoms with Crippen molar-refractivity contribution in [3.05, 3.63) is 72.7 Å². The summed E-state index contributed by atoms with van der Waals surface area (Å²) in [4.78, 5) is 56.0. The van der Waals surface area contributed by atoms with Crippen molar-refractivity contribution in [1.82, 2.24) is 44.5 Å². The quantitative estimate of drug-likeness (QED) is 0.188. The highest BCUT2D eigenvalue weighted by molar-refractivity contribution is 6.01. The van der Waals surface area contributed by atoms with Gasteiger partial charge < -0.3 is 24.8 Å². The van der Waals surface area contributed by atoms with Gasteiger partial charge in [-0.3, -0.25) is 29.3 Å². The number of nitrogens with zero attached hydrogens (tertiary/aromatic N) is 11. The number of anilines is 3. The van der Waals surface area contributed by atoms with Gasteiger partial charge in [-0.25, -0.2) is 18.9 Å². The van der Waals surface area contributed by atoms with Gasteiger partial charge in [-0.2, -0.15) is 15.5 Å². The van der Waals surface area contributed by atoms with Crippen LogP contribution in [0.25, 0.3) is 28.0 Å². The van der Waals surface area contributed by atoms with E-state index in [2.05, 4.69) is 68.2 Å². The van der Waals surface area contributed by atoms with Gasteiger partial charge in [-0.1, -0.05) is 20.8 Å². The number of aromatic nitrogens is 6. The zero-order chi connectivity index (χ0) is 45.7. The maximum absolute atomic E-state index is 15.4. The number of nitrogens with one attached hydrogen (secondary N) is 2. The van der Waals surface area contributed by atoms with Gasteiger partial charge in [-0.15, -0.1) is 0 Å². The van der Waals surface area contributed by atoms with Crippen LogP contribution in [0.2, 0.25) is 0 Å². The minimum atomic E-state index is -0.562. The SMILES string of the molecule is CC(C)(C)CC(=O)N1[C@H]2COC[C@H]1CN(c1ccc(-c3nc(-c4cnn(C5CCC(N6CCN(c7ccc(NC8CCC(=O)NC8=O)cc7F)CC6)CC5)c4)cn4ncc(C#N)c34)cn1)C2. The van der Waals surface area contributed by atoms with Crippen LogP contribution in [-0.4, -0.2) is 134 Å². The van der Waals surface area contributed by atoms with Crippen molar-refractivity contribution in [1.29, 1.82) is 5.26 Å². The Morgan fingerprint density at radius 1 is 0.894 bits per heavy atom. The van der Waals surface area contributed by atoms with Gasteiger partial charge in [0.2, 0.25) is 17.7 Å². The molecule has 0 spiro atoms. The van der Waals surface area contributed by atoms with Crippen molar-refractivity contribution < 1.29 is 23.5 Å². The van der Waals surface area contributed by atoms with Gasteiger partial charge >= 0.3 is 0 Å². The third-order valence-electron chi connectivity index (χ3n) is 13.8.